The Morgan fingerprint density at radius 1 is 1.26 bits per heavy atom. The summed E-state index contributed by atoms with van der Waals surface area (Å²) in [7, 11) is 0. The van der Waals surface area contributed by atoms with Crippen molar-refractivity contribution in [2.75, 3.05) is 11.4 Å². The van der Waals surface area contributed by atoms with Crippen molar-refractivity contribution in [3.8, 4) is 10.7 Å². The number of amides is 1. The zero-order chi connectivity index (χ0) is 15.8. The number of hydrogen-bond donors (Lipinski definition) is 0. The number of thiophene rings is 1. The van der Waals surface area contributed by atoms with Gasteiger partial charge in [-0.3, -0.25) is 4.79 Å². The van der Waals surface area contributed by atoms with E-state index in [1.807, 2.05) is 17.5 Å². The Hall–Kier alpha value is -2.54. The molecule has 5 nitrogen and oxygen atoms in total. The molecule has 3 aromatic rings. The molecule has 0 spiro atoms. The number of rotatable bonds is 3. The van der Waals surface area contributed by atoms with Gasteiger partial charge in [0.05, 0.1) is 10.8 Å². The van der Waals surface area contributed by atoms with Crippen molar-refractivity contribution in [3.05, 3.63) is 53.5 Å². The minimum Gasteiger partial charge on any atom is -0.339 e. The maximum Gasteiger partial charge on any atom is 0.232 e. The van der Waals surface area contributed by atoms with Gasteiger partial charge in [-0.1, -0.05) is 11.2 Å². The molecule has 0 bridgehead atoms. The first-order valence-electron chi connectivity index (χ1n) is 7.14. The SMILES string of the molecule is O=C1CC(c2nc(-c3cccs3)no2)CN1c1ccc(F)cc1. The Morgan fingerprint density at radius 3 is 2.83 bits per heavy atom. The molecule has 23 heavy (non-hydrogen) atoms. The van der Waals surface area contributed by atoms with Crippen LogP contribution in [0.3, 0.4) is 0 Å². The Labute approximate surface area is 135 Å². The van der Waals surface area contributed by atoms with Gasteiger partial charge in [-0.05, 0) is 35.7 Å². The Morgan fingerprint density at radius 2 is 2.09 bits per heavy atom. The molecular weight excluding hydrogens is 317 g/mol. The summed E-state index contributed by atoms with van der Waals surface area (Å²) in [5.74, 6) is 0.509. The summed E-state index contributed by atoms with van der Waals surface area (Å²) in [6, 6.07) is 9.73. The average Bonchev–Trinajstić information content (AvgIpc) is 3.27. The summed E-state index contributed by atoms with van der Waals surface area (Å²) in [6.07, 6.45) is 0.309. The lowest BCUT2D eigenvalue weighted by Crippen LogP contribution is -2.24. The zero-order valence-corrected chi connectivity index (χ0v) is 12.8. The van der Waals surface area contributed by atoms with Gasteiger partial charge in [0.25, 0.3) is 0 Å². The van der Waals surface area contributed by atoms with E-state index in [-0.39, 0.29) is 17.6 Å². The van der Waals surface area contributed by atoms with E-state index in [1.54, 1.807) is 17.0 Å². The topological polar surface area (TPSA) is 59.2 Å². The third-order valence-electron chi connectivity index (χ3n) is 3.80. The number of anilines is 1. The number of carbonyl (C=O) groups is 1. The molecule has 1 unspecified atom stereocenters. The van der Waals surface area contributed by atoms with Gasteiger partial charge < -0.3 is 9.42 Å². The largest absolute Gasteiger partial charge is 0.339 e. The maximum absolute atomic E-state index is 13.0. The van der Waals surface area contributed by atoms with Gasteiger partial charge in [0, 0.05) is 18.7 Å². The molecule has 4 rings (SSSR count). The van der Waals surface area contributed by atoms with Crippen molar-refractivity contribution >= 4 is 22.9 Å². The Kier molecular flexibility index (Phi) is 3.42. The monoisotopic (exact) mass is 329 g/mol. The summed E-state index contributed by atoms with van der Waals surface area (Å²) in [5.41, 5.74) is 0.678. The number of hydrogen-bond acceptors (Lipinski definition) is 5. The molecule has 1 fully saturated rings. The number of benzene rings is 1. The van der Waals surface area contributed by atoms with Crippen molar-refractivity contribution in [1.29, 1.82) is 0 Å². The van der Waals surface area contributed by atoms with E-state index in [9.17, 15) is 9.18 Å². The van der Waals surface area contributed by atoms with Crippen LogP contribution in [0, 0.1) is 5.82 Å². The van der Waals surface area contributed by atoms with E-state index in [0.29, 0.717) is 30.4 Å². The molecule has 0 radical (unpaired) electrons. The van der Waals surface area contributed by atoms with Gasteiger partial charge in [0.15, 0.2) is 0 Å². The number of halogens is 1. The highest BCUT2D eigenvalue weighted by molar-refractivity contribution is 7.13. The van der Waals surface area contributed by atoms with E-state index in [1.165, 1.54) is 23.5 Å². The molecule has 0 aliphatic carbocycles. The van der Waals surface area contributed by atoms with E-state index in [4.69, 9.17) is 4.52 Å². The normalized spacial score (nSPS) is 17.9. The second kappa shape index (κ2) is 5.58. The number of aromatic nitrogens is 2. The molecule has 0 N–H and O–H groups in total. The van der Waals surface area contributed by atoms with Crippen LogP contribution >= 0.6 is 11.3 Å². The van der Waals surface area contributed by atoms with Gasteiger partial charge in [-0.2, -0.15) is 4.98 Å². The van der Waals surface area contributed by atoms with Gasteiger partial charge in [0.2, 0.25) is 17.6 Å². The van der Waals surface area contributed by atoms with Crippen molar-refractivity contribution in [1.82, 2.24) is 10.1 Å². The summed E-state index contributed by atoms with van der Waals surface area (Å²) in [6.45, 7) is 0.455. The van der Waals surface area contributed by atoms with Crippen LogP contribution in [0.1, 0.15) is 18.2 Å². The molecule has 2 aromatic heterocycles. The molecule has 1 amide bonds. The van der Waals surface area contributed by atoms with Crippen LogP contribution in [-0.4, -0.2) is 22.6 Å². The highest BCUT2D eigenvalue weighted by Gasteiger charge is 2.35. The predicted molar refractivity (Wildman–Crippen MR) is 83.7 cm³/mol. The lowest BCUT2D eigenvalue weighted by molar-refractivity contribution is -0.117. The summed E-state index contributed by atoms with van der Waals surface area (Å²) >= 11 is 1.53. The van der Waals surface area contributed by atoms with Crippen molar-refractivity contribution in [2.45, 2.75) is 12.3 Å². The molecule has 1 saturated heterocycles. The van der Waals surface area contributed by atoms with Crippen molar-refractivity contribution in [3.63, 3.8) is 0 Å². The molecule has 1 aliphatic rings. The molecule has 1 aliphatic heterocycles. The molecular formula is C16H12FN3O2S. The minimum atomic E-state index is -0.325. The summed E-state index contributed by atoms with van der Waals surface area (Å²) < 4.78 is 18.3. The van der Waals surface area contributed by atoms with E-state index in [2.05, 4.69) is 10.1 Å². The molecule has 7 heteroatoms. The molecule has 1 atom stereocenters. The van der Waals surface area contributed by atoms with Crippen molar-refractivity contribution in [2.24, 2.45) is 0 Å². The first-order valence-corrected chi connectivity index (χ1v) is 8.02. The fraction of sp³-hybridized carbons (Fsp3) is 0.188. The van der Waals surface area contributed by atoms with Gasteiger partial charge in [0.1, 0.15) is 5.82 Å². The van der Waals surface area contributed by atoms with Gasteiger partial charge in [-0.25, -0.2) is 4.39 Å². The van der Waals surface area contributed by atoms with E-state index < -0.39 is 0 Å². The smallest absolute Gasteiger partial charge is 0.232 e. The third kappa shape index (κ3) is 2.63. The zero-order valence-electron chi connectivity index (χ0n) is 12.0. The average molecular weight is 329 g/mol. The van der Waals surface area contributed by atoms with Crippen molar-refractivity contribution < 1.29 is 13.7 Å². The third-order valence-corrected chi connectivity index (χ3v) is 4.66. The Balaban J connectivity index is 1.55. The molecule has 116 valence electrons. The van der Waals surface area contributed by atoms with Gasteiger partial charge >= 0.3 is 0 Å². The minimum absolute atomic E-state index is 0.0301. The maximum atomic E-state index is 13.0. The van der Waals surface area contributed by atoms with Crippen LogP contribution in [-0.2, 0) is 4.79 Å². The Bertz CT molecular complexity index is 829. The van der Waals surface area contributed by atoms with Crippen LogP contribution < -0.4 is 4.90 Å². The predicted octanol–water partition coefficient (Wildman–Crippen LogP) is 3.46. The quantitative estimate of drug-likeness (QED) is 0.738. The summed E-state index contributed by atoms with van der Waals surface area (Å²) in [5, 5.41) is 5.93. The first kappa shape index (κ1) is 14.1. The second-order valence-corrected chi connectivity index (χ2v) is 6.26. The molecule has 0 saturated carbocycles. The number of nitrogens with zero attached hydrogens (tertiary/aromatic N) is 3. The van der Waals surface area contributed by atoms with Crippen LogP contribution in [0.15, 0.2) is 46.3 Å². The highest BCUT2D eigenvalue weighted by atomic mass is 32.1. The fourth-order valence-corrected chi connectivity index (χ4v) is 3.30. The highest BCUT2D eigenvalue weighted by Crippen LogP contribution is 2.32. The first-order chi connectivity index (χ1) is 11.2. The van der Waals surface area contributed by atoms with Crippen LogP contribution in [0.25, 0.3) is 10.7 Å². The van der Waals surface area contributed by atoms with Gasteiger partial charge in [-0.15, -0.1) is 11.3 Å². The lowest BCUT2D eigenvalue weighted by Gasteiger charge is -2.15. The lowest BCUT2D eigenvalue weighted by atomic mass is 10.1. The van der Waals surface area contributed by atoms with Crippen LogP contribution in [0.4, 0.5) is 10.1 Å². The molecule has 1 aromatic carbocycles. The standard InChI is InChI=1S/C16H12FN3O2S/c17-11-3-5-12(6-4-11)20-9-10(8-14(20)21)16-18-15(19-22-16)13-2-1-7-23-13/h1-7,10H,8-9H2. The second-order valence-electron chi connectivity index (χ2n) is 5.32. The fourth-order valence-electron chi connectivity index (χ4n) is 2.65. The van der Waals surface area contributed by atoms with Crippen LogP contribution in [0.2, 0.25) is 0 Å². The molecule has 3 heterocycles. The van der Waals surface area contributed by atoms with E-state index >= 15 is 0 Å². The summed E-state index contributed by atoms with van der Waals surface area (Å²) in [4.78, 5) is 19.2. The number of carbonyl (C=O) groups excluding carboxylic acids is 1. The van der Waals surface area contributed by atoms with Crippen LogP contribution in [0.5, 0.6) is 0 Å². The van der Waals surface area contributed by atoms with E-state index in [0.717, 1.165) is 4.88 Å².